The van der Waals surface area contributed by atoms with Gasteiger partial charge in [0.05, 0.1) is 33.6 Å². The number of esters is 2. The molecule has 0 spiro atoms. The van der Waals surface area contributed by atoms with Crippen molar-refractivity contribution in [3.8, 4) is 16.9 Å². The van der Waals surface area contributed by atoms with Crippen molar-refractivity contribution in [2.45, 2.75) is 33.6 Å². The molecule has 1 aliphatic heterocycles. The predicted octanol–water partition coefficient (Wildman–Crippen LogP) is 3.68. The minimum Gasteiger partial charge on any atom is -0.496 e. The highest BCUT2D eigenvalue weighted by Gasteiger charge is 2.54. The first kappa shape index (κ1) is 23.6. The van der Waals surface area contributed by atoms with Crippen LogP contribution in [0, 0.1) is 26.2 Å². The van der Waals surface area contributed by atoms with Gasteiger partial charge in [0, 0.05) is 24.0 Å². The summed E-state index contributed by atoms with van der Waals surface area (Å²) in [5, 5.41) is 0. The number of ether oxygens (including phenoxy) is 4. The van der Waals surface area contributed by atoms with Gasteiger partial charge >= 0.3 is 18.0 Å². The molecular weight excluding hydrogens is 438 g/mol. The van der Waals surface area contributed by atoms with Crippen molar-refractivity contribution < 1.29 is 33.3 Å². The number of amides is 1. The van der Waals surface area contributed by atoms with Crippen molar-refractivity contribution in [1.82, 2.24) is 0 Å². The van der Waals surface area contributed by atoms with E-state index in [4.69, 9.17) is 18.9 Å². The number of fused-ring (bicyclic) bond motifs is 1. The summed E-state index contributed by atoms with van der Waals surface area (Å²) in [5.41, 5.74) is 5.31. The molecule has 0 N–H and O–H groups in total. The Hall–Kier alpha value is -3.55. The van der Waals surface area contributed by atoms with Crippen molar-refractivity contribution in [3.05, 3.63) is 46.0 Å². The summed E-state index contributed by atoms with van der Waals surface area (Å²) in [5.74, 6) is -0.598. The van der Waals surface area contributed by atoms with Crippen molar-refractivity contribution in [2.75, 3.05) is 39.4 Å². The van der Waals surface area contributed by atoms with E-state index in [2.05, 4.69) is 0 Å². The van der Waals surface area contributed by atoms with Crippen LogP contribution in [0.25, 0.3) is 11.1 Å². The molecule has 8 heteroatoms. The van der Waals surface area contributed by atoms with E-state index in [-0.39, 0.29) is 19.4 Å². The summed E-state index contributed by atoms with van der Waals surface area (Å²) < 4.78 is 21.1. The Morgan fingerprint density at radius 2 is 1.56 bits per heavy atom. The number of methoxy groups -OCH3 is 3. The summed E-state index contributed by atoms with van der Waals surface area (Å²) in [6, 6.07) is 5.78. The highest BCUT2D eigenvalue weighted by Crippen LogP contribution is 2.51. The molecule has 0 unspecified atom stereocenters. The zero-order valence-corrected chi connectivity index (χ0v) is 20.4. The third kappa shape index (κ3) is 3.31. The smallest absolute Gasteiger partial charge is 0.414 e. The maximum Gasteiger partial charge on any atom is 0.414 e. The van der Waals surface area contributed by atoms with Gasteiger partial charge in [0.15, 0.2) is 5.41 Å². The van der Waals surface area contributed by atoms with Crippen LogP contribution in [-0.4, -0.2) is 52.5 Å². The van der Waals surface area contributed by atoms with Crippen molar-refractivity contribution in [3.63, 3.8) is 0 Å². The van der Waals surface area contributed by atoms with E-state index in [0.717, 1.165) is 38.9 Å². The van der Waals surface area contributed by atoms with Crippen LogP contribution >= 0.6 is 0 Å². The van der Waals surface area contributed by atoms with Crippen LogP contribution in [-0.2, 0) is 36.6 Å². The fraction of sp³-hybridized carbons (Fsp3) is 0.423. The zero-order chi connectivity index (χ0) is 24.8. The van der Waals surface area contributed by atoms with Gasteiger partial charge < -0.3 is 18.9 Å². The van der Waals surface area contributed by atoms with Gasteiger partial charge in [-0.25, -0.2) is 4.79 Å². The average Bonchev–Trinajstić information content (AvgIpc) is 3.45. The van der Waals surface area contributed by atoms with Crippen LogP contribution in [0.15, 0.2) is 18.2 Å². The standard InChI is InChI=1S/C26H29NO7/c1-14-8-7-9-19(31-4)20(14)21-15(2)17-12-26(23(28)32-5,24(29)33-6)13-18(17)16(3)22(21)27-10-11-34-25(27)30/h7-9H,10-13H2,1-6H3. The number of aryl methyl sites for hydroxylation is 1. The first-order valence-electron chi connectivity index (χ1n) is 11.1. The summed E-state index contributed by atoms with van der Waals surface area (Å²) in [6.07, 6.45) is -0.142. The largest absolute Gasteiger partial charge is 0.496 e. The number of hydrogen-bond donors (Lipinski definition) is 0. The minimum absolute atomic E-state index is 0.134. The number of nitrogens with zero attached hydrogens (tertiary/aromatic N) is 1. The topological polar surface area (TPSA) is 91.4 Å². The number of rotatable bonds is 5. The summed E-state index contributed by atoms with van der Waals surface area (Å²) in [4.78, 5) is 40.2. The number of carbonyl (C=O) groups is 3. The molecule has 1 amide bonds. The van der Waals surface area contributed by atoms with E-state index in [1.165, 1.54) is 14.2 Å². The summed E-state index contributed by atoms with van der Waals surface area (Å²) in [7, 11) is 4.15. The molecule has 34 heavy (non-hydrogen) atoms. The predicted molar refractivity (Wildman–Crippen MR) is 125 cm³/mol. The highest BCUT2D eigenvalue weighted by atomic mass is 16.6. The Balaban J connectivity index is 2.07. The minimum atomic E-state index is -1.47. The Bertz CT molecular complexity index is 1180. The van der Waals surface area contributed by atoms with Gasteiger partial charge in [0.1, 0.15) is 12.4 Å². The Kier molecular flexibility index (Phi) is 6.02. The molecule has 2 aromatic carbocycles. The molecule has 8 nitrogen and oxygen atoms in total. The first-order valence-corrected chi connectivity index (χ1v) is 11.1. The normalized spacial score (nSPS) is 16.2. The van der Waals surface area contributed by atoms with E-state index in [1.807, 2.05) is 39.0 Å². The number of cyclic esters (lactones) is 1. The second kappa shape index (κ2) is 8.66. The molecule has 2 aromatic rings. The lowest BCUT2D eigenvalue weighted by Gasteiger charge is -2.27. The average molecular weight is 468 g/mol. The van der Waals surface area contributed by atoms with Gasteiger partial charge in [-0.2, -0.15) is 0 Å². The Morgan fingerprint density at radius 1 is 0.941 bits per heavy atom. The van der Waals surface area contributed by atoms with Crippen LogP contribution < -0.4 is 9.64 Å². The molecule has 4 rings (SSSR count). The molecule has 1 aliphatic carbocycles. The summed E-state index contributed by atoms with van der Waals surface area (Å²) in [6.45, 7) is 6.54. The fourth-order valence-corrected chi connectivity index (χ4v) is 5.39. The van der Waals surface area contributed by atoms with Gasteiger partial charge in [0.25, 0.3) is 0 Å². The molecule has 0 bridgehead atoms. The van der Waals surface area contributed by atoms with Gasteiger partial charge in [-0.15, -0.1) is 0 Å². The van der Waals surface area contributed by atoms with Crippen molar-refractivity contribution >= 4 is 23.7 Å². The second-order valence-corrected chi connectivity index (χ2v) is 8.77. The molecule has 1 heterocycles. The third-order valence-electron chi connectivity index (χ3n) is 7.08. The van der Waals surface area contributed by atoms with Crippen LogP contribution in [0.1, 0.15) is 27.8 Å². The molecule has 1 saturated heterocycles. The fourth-order valence-electron chi connectivity index (χ4n) is 5.39. The quantitative estimate of drug-likeness (QED) is 0.376. The maximum absolute atomic E-state index is 12.9. The monoisotopic (exact) mass is 467 g/mol. The van der Waals surface area contributed by atoms with E-state index in [9.17, 15) is 14.4 Å². The van der Waals surface area contributed by atoms with Crippen LogP contribution in [0.4, 0.5) is 10.5 Å². The Labute approximate surface area is 198 Å². The van der Waals surface area contributed by atoms with E-state index in [1.54, 1.807) is 12.0 Å². The first-order chi connectivity index (χ1) is 16.2. The van der Waals surface area contributed by atoms with Crippen molar-refractivity contribution in [2.24, 2.45) is 5.41 Å². The molecule has 0 saturated carbocycles. The maximum atomic E-state index is 12.9. The number of anilines is 1. The van der Waals surface area contributed by atoms with Gasteiger partial charge in [0.2, 0.25) is 0 Å². The van der Waals surface area contributed by atoms with Gasteiger partial charge in [-0.05, 0) is 54.7 Å². The Morgan fingerprint density at radius 3 is 2.09 bits per heavy atom. The third-order valence-corrected chi connectivity index (χ3v) is 7.08. The molecular formula is C26H29NO7. The van der Waals surface area contributed by atoms with Crippen molar-refractivity contribution in [1.29, 1.82) is 0 Å². The van der Waals surface area contributed by atoms with E-state index >= 15 is 0 Å². The molecule has 2 aliphatic rings. The lowest BCUT2D eigenvalue weighted by molar-refractivity contribution is -0.168. The molecule has 180 valence electrons. The van der Waals surface area contributed by atoms with Crippen LogP contribution in [0.2, 0.25) is 0 Å². The van der Waals surface area contributed by atoms with Gasteiger partial charge in [-0.1, -0.05) is 12.1 Å². The molecule has 0 radical (unpaired) electrons. The van der Waals surface area contributed by atoms with Gasteiger partial charge in [-0.3, -0.25) is 14.5 Å². The number of benzene rings is 2. The molecule has 0 aromatic heterocycles. The second-order valence-electron chi connectivity index (χ2n) is 8.77. The lowest BCUT2D eigenvalue weighted by atomic mass is 9.84. The highest BCUT2D eigenvalue weighted by molar-refractivity contribution is 6.04. The number of hydrogen-bond acceptors (Lipinski definition) is 7. The molecule has 0 atom stereocenters. The summed E-state index contributed by atoms with van der Waals surface area (Å²) >= 11 is 0. The van der Waals surface area contributed by atoms with Crippen LogP contribution in [0.3, 0.4) is 0 Å². The molecule has 1 fully saturated rings. The zero-order valence-electron chi connectivity index (χ0n) is 20.4. The SMILES string of the molecule is COC(=O)C1(C(=O)OC)Cc2c(C)c(-c3c(C)cccc3OC)c(N3CCOC3=O)c(C)c2C1. The van der Waals surface area contributed by atoms with Crippen LogP contribution in [0.5, 0.6) is 5.75 Å². The van der Waals surface area contributed by atoms with E-state index < -0.39 is 23.4 Å². The van der Waals surface area contributed by atoms with E-state index in [0.29, 0.717) is 18.0 Å². The lowest BCUT2D eigenvalue weighted by Crippen LogP contribution is -2.42. The number of carbonyl (C=O) groups excluding carboxylic acids is 3.